The van der Waals surface area contributed by atoms with Crippen molar-refractivity contribution < 1.29 is 23.8 Å². The molecule has 2 N–H and O–H groups in total. The summed E-state index contributed by atoms with van der Waals surface area (Å²) in [4.78, 5) is 22.8. The van der Waals surface area contributed by atoms with Crippen LogP contribution in [0, 0.1) is 11.8 Å². The first-order valence-corrected chi connectivity index (χ1v) is 9.34. The highest BCUT2D eigenvalue weighted by atomic mass is 16.5. The lowest BCUT2D eigenvalue weighted by Gasteiger charge is -2.14. The molecule has 0 saturated carbocycles. The lowest BCUT2D eigenvalue weighted by atomic mass is 10.2. The maximum Gasteiger partial charge on any atom is 0.246 e. The van der Waals surface area contributed by atoms with Crippen LogP contribution in [-0.4, -0.2) is 64.5 Å². The number of carbonyl (C=O) groups excluding carboxylic acids is 2. The number of hydrogen-bond donors (Lipinski definition) is 2. The molecule has 2 atom stereocenters. The zero-order valence-electron chi connectivity index (χ0n) is 17.3. The molecule has 0 rings (SSSR count). The van der Waals surface area contributed by atoms with Crippen molar-refractivity contribution in [1.29, 1.82) is 0 Å². The van der Waals surface area contributed by atoms with E-state index in [0.29, 0.717) is 63.9 Å². The van der Waals surface area contributed by atoms with Crippen LogP contribution in [0.5, 0.6) is 0 Å². The summed E-state index contributed by atoms with van der Waals surface area (Å²) in [6.07, 6.45) is 0. The quantitative estimate of drug-likeness (QED) is 0.312. The summed E-state index contributed by atoms with van der Waals surface area (Å²) in [5, 5.41) is 5.59. The third-order valence-electron chi connectivity index (χ3n) is 3.55. The van der Waals surface area contributed by atoms with E-state index in [9.17, 15) is 9.59 Å². The monoisotopic (exact) mass is 384 g/mol. The summed E-state index contributed by atoms with van der Waals surface area (Å²) in [7, 11) is 0. The summed E-state index contributed by atoms with van der Waals surface area (Å²) in [6, 6.07) is 0. The summed E-state index contributed by atoms with van der Waals surface area (Å²) < 4.78 is 16.5. The van der Waals surface area contributed by atoms with Crippen LogP contribution in [0.1, 0.15) is 27.7 Å². The molecule has 2 unspecified atom stereocenters. The van der Waals surface area contributed by atoms with E-state index in [4.69, 9.17) is 14.2 Å². The van der Waals surface area contributed by atoms with Crippen LogP contribution in [0.25, 0.3) is 0 Å². The van der Waals surface area contributed by atoms with Gasteiger partial charge >= 0.3 is 0 Å². The Balaban J connectivity index is 3.44. The molecule has 0 aliphatic heterocycles. The molecule has 0 bridgehead atoms. The molecule has 0 saturated heterocycles. The van der Waals surface area contributed by atoms with Crippen LogP contribution in [0.15, 0.2) is 24.3 Å². The molecule has 0 heterocycles. The fourth-order valence-corrected chi connectivity index (χ4v) is 1.86. The van der Waals surface area contributed by atoms with E-state index < -0.39 is 0 Å². The Labute approximate surface area is 163 Å². The van der Waals surface area contributed by atoms with Crippen molar-refractivity contribution in [2.45, 2.75) is 27.7 Å². The normalized spacial score (nSPS) is 12.9. The van der Waals surface area contributed by atoms with Crippen LogP contribution in [0.2, 0.25) is 0 Å². The zero-order chi connectivity index (χ0) is 20.7. The molecule has 2 amide bonds. The Morgan fingerprint density at radius 1 is 0.741 bits per heavy atom. The Morgan fingerprint density at radius 2 is 1.07 bits per heavy atom. The molecule has 0 fully saturated rings. The molecule has 0 spiro atoms. The second-order valence-corrected chi connectivity index (χ2v) is 6.95. The highest BCUT2D eigenvalue weighted by Gasteiger charge is 2.07. The first-order valence-electron chi connectivity index (χ1n) is 9.34. The van der Waals surface area contributed by atoms with Crippen molar-refractivity contribution in [2.24, 2.45) is 11.8 Å². The van der Waals surface area contributed by atoms with Crippen LogP contribution in [0.3, 0.4) is 0 Å². The molecule has 0 aromatic heterocycles. The number of ether oxygens (including phenoxy) is 3. The van der Waals surface area contributed by atoms with Gasteiger partial charge in [-0.1, -0.05) is 27.0 Å². The molecular weight excluding hydrogens is 348 g/mol. The maximum absolute atomic E-state index is 11.4. The summed E-state index contributed by atoms with van der Waals surface area (Å²) >= 11 is 0. The van der Waals surface area contributed by atoms with Gasteiger partial charge in [-0.15, -0.1) is 0 Å². The van der Waals surface area contributed by atoms with Crippen molar-refractivity contribution in [2.75, 3.05) is 52.7 Å². The van der Waals surface area contributed by atoms with E-state index in [1.54, 1.807) is 13.8 Å². The van der Waals surface area contributed by atoms with Crippen molar-refractivity contribution in [3.05, 3.63) is 24.3 Å². The van der Waals surface area contributed by atoms with Crippen molar-refractivity contribution in [1.82, 2.24) is 10.6 Å². The second kappa shape index (κ2) is 15.4. The van der Waals surface area contributed by atoms with Gasteiger partial charge in [-0.3, -0.25) is 9.59 Å². The highest BCUT2D eigenvalue weighted by molar-refractivity contribution is 5.92. The molecule has 0 radical (unpaired) electrons. The van der Waals surface area contributed by atoms with E-state index in [1.165, 1.54) is 0 Å². The third kappa shape index (κ3) is 15.1. The van der Waals surface area contributed by atoms with E-state index >= 15 is 0 Å². The molecule has 7 nitrogen and oxygen atoms in total. The topological polar surface area (TPSA) is 85.9 Å². The van der Waals surface area contributed by atoms with Gasteiger partial charge in [-0.2, -0.15) is 0 Å². The predicted octanol–water partition coefficient (Wildman–Crippen LogP) is 1.69. The minimum atomic E-state index is -0.127. The van der Waals surface area contributed by atoms with Crippen molar-refractivity contribution >= 4 is 11.8 Å². The Hall–Kier alpha value is -1.70. The molecule has 156 valence electrons. The van der Waals surface area contributed by atoms with Crippen LogP contribution < -0.4 is 10.6 Å². The van der Waals surface area contributed by atoms with E-state index in [0.717, 1.165) is 0 Å². The largest absolute Gasteiger partial charge is 0.379 e. The van der Waals surface area contributed by atoms with Crippen LogP contribution in [-0.2, 0) is 23.8 Å². The summed E-state index contributed by atoms with van der Waals surface area (Å²) in [5.41, 5.74) is 1.01. The zero-order valence-corrected chi connectivity index (χ0v) is 17.3. The van der Waals surface area contributed by atoms with E-state index in [1.807, 2.05) is 13.8 Å². The average molecular weight is 385 g/mol. The highest BCUT2D eigenvalue weighted by Crippen LogP contribution is 1.97. The Morgan fingerprint density at radius 3 is 1.41 bits per heavy atom. The van der Waals surface area contributed by atoms with Crippen LogP contribution >= 0.6 is 0 Å². The van der Waals surface area contributed by atoms with Gasteiger partial charge in [-0.05, 0) is 25.7 Å². The SMILES string of the molecule is C=C(C)C(=O)NCC(C)COCCOCCOCC(C)CNC(=O)C(=C)C. The Kier molecular flexibility index (Phi) is 14.4. The van der Waals surface area contributed by atoms with E-state index in [2.05, 4.69) is 23.8 Å². The van der Waals surface area contributed by atoms with E-state index in [-0.39, 0.29) is 23.7 Å². The first-order chi connectivity index (χ1) is 12.7. The number of nitrogens with one attached hydrogen (secondary N) is 2. The molecule has 0 aliphatic carbocycles. The third-order valence-corrected chi connectivity index (χ3v) is 3.55. The fourth-order valence-electron chi connectivity index (χ4n) is 1.86. The second-order valence-electron chi connectivity index (χ2n) is 6.95. The molecule has 0 aromatic rings. The number of rotatable bonds is 16. The van der Waals surface area contributed by atoms with Gasteiger partial charge in [0, 0.05) is 24.2 Å². The van der Waals surface area contributed by atoms with Gasteiger partial charge in [0.05, 0.1) is 39.6 Å². The number of amides is 2. The van der Waals surface area contributed by atoms with Crippen LogP contribution in [0.4, 0.5) is 0 Å². The predicted molar refractivity (Wildman–Crippen MR) is 106 cm³/mol. The first kappa shape index (κ1) is 25.3. The minimum absolute atomic E-state index is 0.127. The lowest BCUT2D eigenvalue weighted by Crippen LogP contribution is -2.30. The molecule has 0 aromatic carbocycles. The fraction of sp³-hybridized carbons (Fsp3) is 0.700. The van der Waals surface area contributed by atoms with Gasteiger partial charge in [0.15, 0.2) is 0 Å². The number of hydrogen-bond acceptors (Lipinski definition) is 5. The van der Waals surface area contributed by atoms with Crippen molar-refractivity contribution in [3.63, 3.8) is 0 Å². The van der Waals surface area contributed by atoms with Gasteiger partial charge < -0.3 is 24.8 Å². The molecule has 27 heavy (non-hydrogen) atoms. The molecule has 7 heteroatoms. The smallest absolute Gasteiger partial charge is 0.246 e. The average Bonchev–Trinajstić information content (AvgIpc) is 2.62. The van der Waals surface area contributed by atoms with Gasteiger partial charge in [0.25, 0.3) is 0 Å². The summed E-state index contributed by atoms with van der Waals surface area (Å²) in [5.74, 6) is 0.197. The van der Waals surface area contributed by atoms with Gasteiger partial charge in [-0.25, -0.2) is 0 Å². The van der Waals surface area contributed by atoms with Gasteiger partial charge in [0.2, 0.25) is 11.8 Å². The summed E-state index contributed by atoms with van der Waals surface area (Å²) in [6.45, 7) is 18.8. The Bertz CT molecular complexity index is 437. The lowest BCUT2D eigenvalue weighted by molar-refractivity contribution is -0.118. The molecule has 0 aliphatic rings. The standard InChI is InChI=1S/C20H36N2O5/c1-15(2)19(23)21-11-17(5)13-26-9-7-25-8-10-27-14-18(6)12-22-20(24)16(3)4/h17-18H,1,3,7-14H2,2,4-6H3,(H,21,23)(H,22,24). The minimum Gasteiger partial charge on any atom is -0.379 e. The molecular formula is C20H36N2O5. The number of carbonyl (C=O) groups is 2. The van der Waals surface area contributed by atoms with Gasteiger partial charge in [0.1, 0.15) is 0 Å². The van der Waals surface area contributed by atoms with Crippen molar-refractivity contribution in [3.8, 4) is 0 Å². The maximum atomic E-state index is 11.4.